The van der Waals surface area contributed by atoms with Gasteiger partial charge < -0.3 is 15.5 Å². The van der Waals surface area contributed by atoms with Crippen LogP contribution in [0.15, 0.2) is 24.3 Å². The van der Waals surface area contributed by atoms with Gasteiger partial charge in [0.05, 0.1) is 13.6 Å². The Morgan fingerprint density at radius 1 is 1.08 bits per heavy atom. The minimum absolute atomic E-state index is 0.0323. The normalized spacial score (nSPS) is 12.8. The maximum Gasteiger partial charge on any atom is 0.275 e. The van der Waals surface area contributed by atoms with Crippen LogP contribution in [0.2, 0.25) is 0 Å². The van der Waals surface area contributed by atoms with E-state index in [2.05, 4.69) is 55.7 Å². The molecule has 0 spiro atoms. The lowest BCUT2D eigenvalue weighted by Crippen LogP contribution is -3.08. The number of likely N-dealkylation sites (N-methyl/N-ethyl adjacent to an activating group) is 1. The summed E-state index contributed by atoms with van der Waals surface area (Å²) in [7, 11) is 1.98. The zero-order valence-electron chi connectivity index (χ0n) is 15.8. The third kappa shape index (κ3) is 7.59. The fourth-order valence-corrected chi connectivity index (χ4v) is 2.42. The molecular weight excluding hydrogens is 302 g/mol. The van der Waals surface area contributed by atoms with E-state index in [4.69, 9.17) is 0 Å². The van der Waals surface area contributed by atoms with Crippen molar-refractivity contribution in [2.24, 2.45) is 0 Å². The molecule has 24 heavy (non-hydrogen) atoms. The Morgan fingerprint density at radius 3 is 2.17 bits per heavy atom. The molecule has 0 bridgehead atoms. The second-order valence-electron chi connectivity index (χ2n) is 7.76. The van der Waals surface area contributed by atoms with Crippen LogP contribution in [0.4, 0.5) is 0 Å². The van der Waals surface area contributed by atoms with E-state index < -0.39 is 0 Å². The maximum atomic E-state index is 11.9. The summed E-state index contributed by atoms with van der Waals surface area (Å²) in [5.41, 5.74) is 2.65. The van der Waals surface area contributed by atoms with Gasteiger partial charge in [-0.05, 0) is 24.8 Å². The van der Waals surface area contributed by atoms with Gasteiger partial charge in [-0.15, -0.1) is 0 Å². The molecule has 0 radical (unpaired) electrons. The molecule has 0 aromatic heterocycles. The van der Waals surface area contributed by atoms with E-state index >= 15 is 0 Å². The molecule has 134 valence electrons. The summed E-state index contributed by atoms with van der Waals surface area (Å²) >= 11 is 0. The van der Waals surface area contributed by atoms with Crippen LogP contribution in [0.25, 0.3) is 0 Å². The summed E-state index contributed by atoms with van der Waals surface area (Å²) in [6.07, 6.45) is 0. The van der Waals surface area contributed by atoms with Gasteiger partial charge in [0.25, 0.3) is 5.91 Å². The fraction of sp³-hybridized carbons (Fsp3) is 0.579. The predicted octanol–water partition coefficient (Wildman–Crippen LogP) is 0.640. The van der Waals surface area contributed by atoms with Crippen molar-refractivity contribution in [3.05, 3.63) is 35.4 Å². The van der Waals surface area contributed by atoms with Crippen LogP contribution >= 0.6 is 0 Å². The van der Waals surface area contributed by atoms with Gasteiger partial charge in [-0.1, -0.05) is 45.0 Å². The molecule has 1 aromatic rings. The van der Waals surface area contributed by atoms with Gasteiger partial charge >= 0.3 is 0 Å². The molecule has 1 atom stereocenters. The van der Waals surface area contributed by atoms with Crippen molar-refractivity contribution in [1.29, 1.82) is 0 Å². The van der Waals surface area contributed by atoms with E-state index in [0.29, 0.717) is 6.54 Å². The number of hydrogen-bond acceptors (Lipinski definition) is 2. The van der Waals surface area contributed by atoms with E-state index in [1.54, 1.807) is 0 Å². The minimum Gasteiger partial charge on any atom is -0.352 e. The average molecular weight is 334 g/mol. The molecule has 5 heteroatoms. The van der Waals surface area contributed by atoms with E-state index in [9.17, 15) is 9.59 Å². The fourth-order valence-electron chi connectivity index (χ4n) is 2.42. The van der Waals surface area contributed by atoms with Crippen molar-refractivity contribution in [3.63, 3.8) is 0 Å². The second kappa shape index (κ2) is 8.83. The molecule has 0 aliphatic rings. The Labute approximate surface area is 145 Å². The van der Waals surface area contributed by atoms with Crippen molar-refractivity contribution < 1.29 is 14.5 Å². The van der Waals surface area contributed by atoms with Crippen molar-refractivity contribution in [2.75, 3.05) is 20.1 Å². The Balaban J connectivity index is 2.41. The van der Waals surface area contributed by atoms with Gasteiger partial charge in [-0.25, -0.2) is 0 Å². The Morgan fingerprint density at radius 2 is 1.67 bits per heavy atom. The van der Waals surface area contributed by atoms with Crippen LogP contribution < -0.4 is 15.5 Å². The first-order chi connectivity index (χ1) is 11.1. The lowest BCUT2D eigenvalue weighted by molar-refractivity contribution is -0.885. The van der Waals surface area contributed by atoms with E-state index in [-0.39, 0.29) is 29.8 Å². The van der Waals surface area contributed by atoms with Gasteiger partial charge in [-0.2, -0.15) is 0 Å². The third-order valence-electron chi connectivity index (χ3n) is 3.68. The zero-order valence-corrected chi connectivity index (χ0v) is 15.8. The quantitative estimate of drug-likeness (QED) is 0.685. The number of quaternary nitrogens is 1. The van der Waals surface area contributed by atoms with E-state index in [1.165, 1.54) is 11.1 Å². The summed E-state index contributed by atoms with van der Waals surface area (Å²) < 4.78 is 0. The topological polar surface area (TPSA) is 62.6 Å². The minimum atomic E-state index is -0.159. The van der Waals surface area contributed by atoms with E-state index in [0.717, 1.165) is 11.4 Å². The number of carbonyl (C=O) groups excluding carboxylic acids is 2. The van der Waals surface area contributed by atoms with Crippen LogP contribution in [0.3, 0.4) is 0 Å². The molecule has 0 fully saturated rings. The molecule has 1 aromatic carbocycles. The molecule has 5 nitrogen and oxygen atoms in total. The lowest BCUT2D eigenvalue weighted by atomic mass is 9.87. The predicted molar refractivity (Wildman–Crippen MR) is 96.9 cm³/mol. The van der Waals surface area contributed by atoms with Gasteiger partial charge in [-0.3, -0.25) is 9.59 Å². The molecule has 0 aliphatic heterocycles. The van der Waals surface area contributed by atoms with Crippen LogP contribution in [0.1, 0.15) is 45.7 Å². The van der Waals surface area contributed by atoms with Crippen molar-refractivity contribution in [2.45, 2.75) is 52.6 Å². The molecule has 2 amide bonds. The highest BCUT2D eigenvalue weighted by atomic mass is 16.2. The molecule has 0 heterocycles. The van der Waals surface area contributed by atoms with Crippen LogP contribution in [0.5, 0.6) is 0 Å². The molecule has 3 N–H and O–H groups in total. The number of rotatable bonds is 7. The van der Waals surface area contributed by atoms with Gasteiger partial charge in [0, 0.05) is 11.6 Å². The molecule has 1 rings (SSSR count). The van der Waals surface area contributed by atoms with Gasteiger partial charge in [0.2, 0.25) is 5.91 Å². The van der Waals surface area contributed by atoms with Crippen molar-refractivity contribution in [3.8, 4) is 0 Å². The molecule has 1 unspecified atom stereocenters. The van der Waals surface area contributed by atoms with Crippen LogP contribution in [-0.4, -0.2) is 38.0 Å². The largest absolute Gasteiger partial charge is 0.352 e. The Bertz CT molecular complexity index is 545. The number of nitrogens with one attached hydrogen (secondary N) is 3. The summed E-state index contributed by atoms with van der Waals surface area (Å²) in [4.78, 5) is 24.5. The van der Waals surface area contributed by atoms with Gasteiger partial charge in [0.1, 0.15) is 6.54 Å². The molecular formula is C19H32N3O2+. The molecule has 0 saturated carbocycles. The second-order valence-corrected chi connectivity index (χ2v) is 7.76. The van der Waals surface area contributed by atoms with Gasteiger partial charge in [0.15, 0.2) is 6.54 Å². The first-order valence-corrected chi connectivity index (χ1v) is 8.54. The smallest absolute Gasteiger partial charge is 0.275 e. The average Bonchev–Trinajstić information content (AvgIpc) is 2.44. The SMILES string of the molecule is CC(C)NC(=O)CNC(=O)C[NH+](C)Cc1ccc(C(C)(C)C)cc1. The van der Waals surface area contributed by atoms with Crippen LogP contribution in [-0.2, 0) is 21.5 Å². The Kier molecular flexibility index (Phi) is 7.42. The lowest BCUT2D eigenvalue weighted by Gasteiger charge is -2.19. The first-order valence-electron chi connectivity index (χ1n) is 8.54. The maximum absolute atomic E-state index is 11.9. The standard InChI is InChI=1S/C19H31N3O2/c1-14(2)21-17(23)11-20-18(24)13-22(6)12-15-7-9-16(10-8-15)19(3,4)5/h7-10,14H,11-13H2,1-6H3,(H,20,24)(H,21,23)/p+1. The summed E-state index contributed by atoms with van der Waals surface area (Å²) in [6.45, 7) is 11.5. The third-order valence-corrected chi connectivity index (χ3v) is 3.68. The molecule has 0 saturated heterocycles. The first kappa shape index (κ1) is 20.2. The Hall–Kier alpha value is -1.88. The number of amides is 2. The highest BCUT2D eigenvalue weighted by molar-refractivity contribution is 5.85. The number of benzene rings is 1. The number of hydrogen-bond donors (Lipinski definition) is 3. The summed E-state index contributed by atoms with van der Waals surface area (Å²) in [5, 5.41) is 5.41. The van der Waals surface area contributed by atoms with E-state index in [1.807, 2.05) is 20.9 Å². The van der Waals surface area contributed by atoms with Crippen molar-refractivity contribution in [1.82, 2.24) is 10.6 Å². The highest BCUT2D eigenvalue weighted by Crippen LogP contribution is 2.21. The van der Waals surface area contributed by atoms with Crippen molar-refractivity contribution >= 4 is 11.8 Å². The monoisotopic (exact) mass is 334 g/mol. The zero-order chi connectivity index (χ0) is 18.3. The summed E-state index contributed by atoms with van der Waals surface area (Å²) in [6, 6.07) is 8.63. The summed E-state index contributed by atoms with van der Waals surface area (Å²) in [5.74, 6) is -0.272. The molecule has 0 aliphatic carbocycles. The number of carbonyl (C=O) groups is 2. The van der Waals surface area contributed by atoms with Crippen LogP contribution in [0, 0.1) is 0 Å². The highest BCUT2D eigenvalue weighted by Gasteiger charge is 2.15.